The molecule has 3 heteroatoms. The van der Waals surface area contributed by atoms with Crippen molar-refractivity contribution in [1.29, 1.82) is 0 Å². The van der Waals surface area contributed by atoms with Crippen molar-refractivity contribution in [2.75, 3.05) is 0 Å². The second kappa shape index (κ2) is 5.49. The van der Waals surface area contributed by atoms with Crippen molar-refractivity contribution in [3.63, 3.8) is 0 Å². The largest absolute Gasteiger partial charge is 0.233 e. The van der Waals surface area contributed by atoms with Crippen molar-refractivity contribution in [1.82, 2.24) is 9.97 Å². The average molecular weight is 261 g/mol. The first kappa shape index (κ1) is 13.0. The third-order valence-electron chi connectivity index (χ3n) is 3.14. The molecule has 0 radical (unpaired) electrons. The predicted octanol–water partition coefficient (Wildman–Crippen LogP) is 4.23. The molecule has 0 saturated carbocycles. The van der Waals surface area contributed by atoms with Crippen LogP contribution in [0.3, 0.4) is 0 Å². The van der Waals surface area contributed by atoms with Gasteiger partial charge in [-0.1, -0.05) is 49.7 Å². The fourth-order valence-electron chi connectivity index (χ4n) is 1.98. The van der Waals surface area contributed by atoms with Crippen molar-refractivity contribution in [2.24, 2.45) is 0 Å². The zero-order valence-corrected chi connectivity index (χ0v) is 11.8. The van der Waals surface area contributed by atoms with E-state index in [0.29, 0.717) is 11.0 Å². The summed E-state index contributed by atoms with van der Waals surface area (Å²) in [6.07, 6.45) is 1.90. The number of aromatic nitrogens is 2. The molecule has 0 unspecified atom stereocenters. The number of benzene rings is 1. The first-order valence-electron chi connectivity index (χ1n) is 6.28. The van der Waals surface area contributed by atoms with Crippen LogP contribution in [0.15, 0.2) is 24.3 Å². The maximum Gasteiger partial charge on any atom is 0.161 e. The number of hydrogen-bond acceptors (Lipinski definition) is 2. The highest BCUT2D eigenvalue weighted by molar-refractivity contribution is 6.30. The summed E-state index contributed by atoms with van der Waals surface area (Å²) in [5, 5.41) is 0.569. The Bertz CT molecular complexity index is 524. The van der Waals surface area contributed by atoms with Crippen LogP contribution in [0.4, 0.5) is 0 Å². The molecule has 2 nitrogen and oxygen atoms in total. The van der Waals surface area contributed by atoms with E-state index in [1.54, 1.807) is 0 Å². The molecule has 1 heterocycles. The van der Waals surface area contributed by atoms with E-state index < -0.39 is 0 Å². The molecule has 0 amide bonds. The summed E-state index contributed by atoms with van der Waals surface area (Å²) in [5.74, 6) is 0.706. The van der Waals surface area contributed by atoms with E-state index in [0.717, 1.165) is 29.7 Å². The normalized spacial score (nSPS) is 10.7. The van der Waals surface area contributed by atoms with Crippen LogP contribution in [0.2, 0.25) is 5.15 Å². The summed E-state index contributed by atoms with van der Waals surface area (Å²) in [6.45, 7) is 6.19. The molecule has 0 N–H and O–H groups in total. The van der Waals surface area contributed by atoms with Crippen molar-refractivity contribution in [3.05, 3.63) is 46.2 Å². The summed E-state index contributed by atoms with van der Waals surface area (Å²) in [4.78, 5) is 8.92. The zero-order chi connectivity index (χ0) is 13.1. The minimum absolute atomic E-state index is 0.569. The van der Waals surface area contributed by atoms with Gasteiger partial charge in [-0.05, 0) is 25.3 Å². The van der Waals surface area contributed by atoms with Crippen molar-refractivity contribution < 1.29 is 0 Å². The highest BCUT2D eigenvalue weighted by atomic mass is 35.5. The lowest BCUT2D eigenvalue weighted by Crippen LogP contribution is -1.99. The van der Waals surface area contributed by atoms with E-state index in [9.17, 15) is 0 Å². The number of nitrogens with zero attached hydrogens (tertiary/aromatic N) is 2. The third-order valence-corrected chi connectivity index (χ3v) is 3.45. The maximum atomic E-state index is 6.19. The van der Waals surface area contributed by atoms with Crippen LogP contribution in [0.25, 0.3) is 11.4 Å². The van der Waals surface area contributed by atoms with E-state index in [2.05, 4.69) is 48.1 Å². The van der Waals surface area contributed by atoms with Crippen LogP contribution in [0.5, 0.6) is 0 Å². The molecule has 0 aliphatic carbocycles. The smallest absolute Gasteiger partial charge is 0.161 e. The molecular formula is C15H17ClN2. The third kappa shape index (κ3) is 2.54. The summed E-state index contributed by atoms with van der Waals surface area (Å²) in [5.41, 5.74) is 4.32. The molecule has 1 aromatic carbocycles. The Hall–Kier alpha value is -1.41. The van der Waals surface area contributed by atoms with Gasteiger partial charge in [-0.25, -0.2) is 9.97 Å². The number of halogens is 1. The van der Waals surface area contributed by atoms with Gasteiger partial charge < -0.3 is 0 Å². The monoisotopic (exact) mass is 260 g/mol. The fourth-order valence-corrected chi connectivity index (χ4v) is 2.33. The second-order valence-corrected chi connectivity index (χ2v) is 4.66. The molecule has 18 heavy (non-hydrogen) atoms. The Morgan fingerprint density at radius 3 is 2.17 bits per heavy atom. The second-order valence-electron chi connectivity index (χ2n) is 4.31. The van der Waals surface area contributed by atoms with E-state index in [-0.39, 0.29) is 0 Å². The molecule has 0 atom stereocenters. The van der Waals surface area contributed by atoms with Crippen LogP contribution >= 0.6 is 11.6 Å². The summed E-state index contributed by atoms with van der Waals surface area (Å²) >= 11 is 6.19. The molecule has 0 fully saturated rings. The topological polar surface area (TPSA) is 25.8 Å². The van der Waals surface area contributed by atoms with Gasteiger partial charge >= 0.3 is 0 Å². The van der Waals surface area contributed by atoms with Gasteiger partial charge in [0, 0.05) is 16.8 Å². The van der Waals surface area contributed by atoms with Crippen molar-refractivity contribution >= 4 is 11.6 Å². The van der Waals surface area contributed by atoms with Gasteiger partial charge in [-0.3, -0.25) is 0 Å². The molecule has 0 aliphatic rings. The molecule has 0 bridgehead atoms. The van der Waals surface area contributed by atoms with Crippen LogP contribution in [-0.4, -0.2) is 9.97 Å². The predicted molar refractivity (Wildman–Crippen MR) is 76.0 cm³/mol. The Kier molecular flexibility index (Phi) is 3.97. The SMILES string of the molecule is CCc1ccc(-c2nc(C)c(CC)c(Cl)n2)cc1. The zero-order valence-electron chi connectivity index (χ0n) is 11.0. The lowest BCUT2D eigenvalue weighted by Gasteiger charge is -2.08. The Morgan fingerprint density at radius 2 is 1.67 bits per heavy atom. The van der Waals surface area contributed by atoms with Crippen LogP contribution in [0, 0.1) is 6.92 Å². The summed E-state index contributed by atoms with van der Waals surface area (Å²) < 4.78 is 0. The van der Waals surface area contributed by atoms with E-state index >= 15 is 0 Å². The van der Waals surface area contributed by atoms with Gasteiger partial charge in [0.1, 0.15) is 5.15 Å². The molecule has 1 aromatic heterocycles. The van der Waals surface area contributed by atoms with Gasteiger partial charge in [0.2, 0.25) is 0 Å². The first-order valence-corrected chi connectivity index (χ1v) is 6.65. The van der Waals surface area contributed by atoms with Gasteiger partial charge in [0.05, 0.1) is 0 Å². The Labute approximate surface area is 113 Å². The van der Waals surface area contributed by atoms with E-state index in [1.165, 1.54) is 5.56 Å². The first-order chi connectivity index (χ1) is 8.65. The minimum Gasteiger partial charge on any atom is -0.233 e. The molecule has 0 spiro atoms. The number of aryl methyl sites for hydroxylation is 2. The molecule has 2 aromatic rings. The number of rotatable bonds is 3. The van der Waals surface area contributed by atoms with Crippen LogP contribution in [-0.2, 0) is 12.8 Å². The maximum absolute atomic E-state index is 6.19. The van der Waals surface area contributed by atoms with Crippen LogP contribution < -0.4 is 0 Å². The summed E-state index contributed by atoms with van der Waals surface area (Å²) in [6, 6.07) is 8.32. The highest BCUT2D eigenvalue weighted by Gasteiger charge is 2.09. The Morgan fingerprint density at radius 1 is 1.00 bits per heavy atom. The summed E-state index contributed by atoms with van der Waals surface area (Å²) in [7, 11) is 0. The standard InChI is InChI=1S/C15H17ClN2/c1-4-11-6-8-12(9-7-11)15-17-10(3)13(5-2)14(16)18-15/h6-9H,4-5H2,1-3H3. The van der Waals surface area contributed by atoms with Crippen molar-refractivity contribution in [3.8, 4) is 11.4 Å². The van der Waals surface area contributed by atoms with Crippen molar-refractivity contribution in [2.45, 2.75) is 33.6 Å². The highest BCUT2D eigenvalue weighted by Crippen LogP contribution is 2.22. The number of hydrogen-bond donors (Lipinski definition) is 0. The molecule has 0 saturated heterocycles. The van der Waals surface area contributed by atoms with Gasteiger partial charge in [0.15, 0.2) is 5.82 Å². The molecular weight excluding hydrogens is 244 g/mol. The average Bonchev–Trinajstić information content (AvgIpc) is 2.38. The lowest BCUT2D eigenvalue weighted by molar-refractivity contribution is 1.00. The van der Waals surface area contributed by atoms with Crippen LogP contribution in [0.1, 0.15) is 30.7 Å². The van der Waals surface area contributed by atoms with E-state index in [4.69, 9.17) is 11.6 Å². The molecule has 0 aliphatic heterocycles. The minimum atomic E-state index is 0.569. The van der Waals surface area contributed by atoms with Gasteiger partial charge in [0.25, 0.3) is 0 Å². The fraction of sp³-hybridized carbons (Fsp3) is 0.333. The van der Waals surface area contributed by atoms with E-state index in [1.807, 2.05) is 6.92 Å². The van der Waals surface area contributed by atoms with Gasteiger partial charge in [-0.15, -0.1) is 0 Å². The lowest BCUT2D eigenvalue weighted by atomic mass is 10.1. The molecule has 2 rings (SSSR count). The van der Waals surface area contributed by atoms with Gasteiger partial charge in [-0.2, -0.15) is 0 Å². The quantitative estimate of drug-likeness (QED) is 0.772. The molecule has 94 valence electrons. The Balaban J connectivity index is 2.44.